The Balaban J connectivity index is 2.11. The van der Waals surface area contributed by atoms with Gasteiger partial charge in [-0.3, -0.25) is 4.79 Å². The van der Waals surface area contributed by atoms with Crippen LogP contribution in [0.4, 0.5) is 24.8 Å². The zero-order chi connectivity index (χ0) is 19.8. The van der Waals surface area contributed by atoms with Crippen molar-refractivity contribution >= 4 is 29.4 Å². The topological polar surface area (TPSA) is 81.1 Å². The lowest BCUT2D eigenvalue weighted by Gasteiger charge is -2.30. The SMILES string of the molecule is CCOC(=O)CC1(C)Nc2cc(C(F)(F)F)ccc2-n2nc(SC)nc2N1. The van der Waals surface area contributed by atoms with Crippen LogP contribution in [0.3, 0.4) is 0 Å². The van der Waals surface area contributed by atoms with Gasteiger partial charge in [0.15, 0.2) is 0 Å². The summed E-state index contributed by atoms with van der Waals surface area (Å²) in [4.78, 5) is 16.3. The van der Waals surface area contributed by atoms with Gasteiger partial charge in [-0.2, -0.15) is 22.8 Å². The molecular weight excluding hydrogens is 383 g/mol. The molecule has 1 aromatic heterocycles. The molecule has 0 saturated carbocycles. The van der Waals surface area contributed by atoms with Gasteiger partial charge in [-0.15, -0.1) is 5.10 Å². The Labute approximate surface area is 157 Å². The molecule has 2 N–H and O–H groups in total. The van der Waals surface area contributed by atoms with E-state index in [2.05, 4.69) is 20.7 Å². The second-order valence-corrected chi connectivity index (χ2v) is 6.90. The first-order valence-electron chi connectivity index (χ1n) is 8.10. The van der Waals surface area contributed by atoms with Gasteiger partial charge < -0.3 is 15.4 Å². The summed E-state index contributed by atoms with van der Waals surface area (Å²) in [6.07, 6.45) is -2.83. The Morgan fingerprint density at radius 1 is 1.37 bits per heavy atom. The molecule has 1 aromatic carbocycles. The van der Waals surface area contributed by atoms with Gasteiger partial charge in [0, 0.05) is 0 Å². The molecule has 2 heterocycles. The molecule has 1 unspecified atom stereocenters. The van der Waals surface area contributed by atoms with Crippen LogP contribution in [-0.2, 0) is 15.7 Å². The second kappa shape index (κ2) is 6.95. The number of nitrogens with one attached hydrogen (secondary N) is 2. The minimum Gasteiger partial charge on any atom is -0.466 e. The highest BCUT2D eigenvalue weighted by molar-refractivity contribution is 7.98. The summed E-state index contributed by atoms with van der Waals surface area (Å²) in [5.41, 5.74) is -1.35. The number of ether oxygens (including phenoxy) is 1. The monoisotopic (exact) mass is 401 g/mol. The number of hydrogen-bond acceptors (Lipinski definition) is 7. The summed E-state index contributed by atoms with van der Waals surface area (Å²) in [6, 6.07) is 3.31. The number of carbonyl (C=O) groups excluding carboxylic acids is 1. The lowest BCUT2D eigenvalue weighted by atomic mass is 10.1. The number of aromatic nitrogens is 3. The van der Waals surface area contributed by atoms with Crippen molar-refractivity contribution in [2.75, 3.05) is 23.5 Å². The number of anilines is 2. The highest BCUT2D eigenvalue weighted by Gasteiger charge is 2.37. The highest BCUT2D eigenvalue weighted by Crippen LogP contribution is 2.37. The average Bonchev–Trinajstić information content (AvgIpc) is 2.91. The van der Waals surface area contributed by atoms with Crippen LogP contribution in [0.2, 0.25) is 0 Å². The summed E-state index contributed by atoms with van der Waals surface area (Å²) in [5.74, 6) is -0.177. The van der Waals surface area contributed by atoms with Crippen LogP contribution in [0, 0.1) is 0 Å². The van der Waals surface area contributed by atoms with Crippen LogP contribution in [0.5, 0.6) is 0 Å². The minimum atomic E-state index is -4.50. The summed E-state index contributed by atoms with van der Waals surface area (Å²) in [5, 5.41) is 10.8. The maximum Gasteiger partial charge on any atom is 0.416 e. The standard InChI is InChI=1S/C16H18F3N5O2S/c1-4-26-12(25)8-15(2)21-10-7-9(16(17,18)19)5-6-11(10)24-13(22-15)20-14(23-24)27-3/h5-7,21H,4,8H2,1-3H3,(H,20,22,23). The first kappa shape index (κ1) is 19.3. The van der Waals surface area contributed by atoms with E-state index < -0.39 is 23.4 Å². The fourth-order valence-electron chi connectivity index (χ4n) is 2.79. The molecule has 3 rings (SSSR count). The first-order chi connectivity index (χ1) is 12.6. The molecule has 146 valence electrons. The van der Waals surface area contributed by atoms with Crippen LogP contribution in [0.15, 0.2) is 23.4 Å². The molecular formula is C16H18F3N5O2S. The number of thioether (sulfide) groups is 1. The highest BCUT2D eigenvalue weighted by atomic mass is 32.2. The van der Waals surface area contributed by atoms with Gasteiger partial charge in [0.05, 0.1) is 30.0 Å². The molecule has 1 aliphatic heterocycles. The average molecular weight is 401 g/mol. The van der Waals surface area contributed by atoms with E-state index in [4.69, 9.17) is 4.74 Å². The van der Waals surface area contributed by atoms with E-state index in [0.717, 1.165) is 12.1 Å². The van der Waals surface area contributed by atoms with Crippen LogP contribution < -0.4 is 10.6 Å². The van der Waals surface area contributed by atoms with Crippen LogP contribution in [-0.4, -0.2) is 39.3 Å². The Kier molecular flexibility index (Phi) is 4.98. The van der Waals surface area contributed by atoms with Gasteiger partial charge in [-0.25, -0.2) is 0 Å². The third-order valence-corrected chi connectivity index (χ3v) is 4.46. The fraction of sp³-hybridized carbons (Fsp3) is 0.438. The molecule has 0 bridgehead atoms. The number of carbonyl (C=O) groups is 1. The summed E-state index contributed by atoms with van der Waals surface area (Å²) in [7, 11) is 0. The van der Waals surface area contributed by atoms with Crippen molar-refractivity contribution in [1.29, 1.82) is 0 Å². The number of halogens is 3. The van der Waals surface area contributed by atoms with Gasteiger partial charge in [0.25, 0.3) is 0 Å². The molecule has 7 nitrogen and oxygen atoms in total. The lowest BCUT2D eigenvalue weighted by Crippen LogP contribution is -2.45. The molecule has 27 heavy (non-hydrogen) atoms. The third kappa shape index (κ3) is 3.97. The van der Waals surface area contributed by atoms with Crippen molar-refractivity contribution in [2.24, 2.45) is 0 Å². The molecule has 1 aliphatic rings. The predicted octanol–water partition coefficient (Wildman–Crippen LogP) is 3.51. The van der Waals surface area contributed by atoms with Crippen LogP contribution >= 0.6 is 11.8 Å². The Morgan fingerprint density at radius 3 is 2.74 bits per heavy atom. The number of nitrogens with zero attached hydrogens (tertiary/aromatic N) is 3. The van der Waals surface area contributed by atoms with E-state index >= 15 is 0 Å². The number of rotatable bonds is 4. The lowest BCUT2D eigenvalue weighted by molar-refractivity contribution is -0.144. The molecule has 2 aromatic rings. The number of benzene rings is 1. The summed E-state index contributed by atoms with van der Waals surface area (Å²) >= 11 is 1.30. The Morgan fingerprint density at radius 2 is 2.11 bits per heavy atom. The minimum absolute atomic E-state index is 0.127. The van der Waals surface area contributed by atoms with E-state index in [0.29, 0.717) is 16.8 Å². The fourth-order valence-corrected chi connectivity index (χ4v) is 3.13. The maximum atomic E-state index is 13.2. The van der Waals surface area contributed by atoms with E-state index in [9.17, 15) is 18.0 Å². The van der Waals surface area contributed by atoms with Gasteiger partial charge in [0.2, 0.25) is 11.1 Å². The van der Waals surface area contributed by atoms with Crippen molar-refractivity contribution in [3.63, 3.8) is 0 Å². The largest absolute Gasteiger partial charge is 0.466 e. The van der Waals surface area contributed by atoms with Gasteiger partial charge in [-0.05, 0) is 38.3 Å². The van der Waals surface area contributed by atoms with Crippen molar-refractivity contribution < 1.29 is 22.7 Å². The molecule has 11 heteroatoms. The van der Waals surface area contributed by atoms with Gasteiger partial charge >= 0.3 is 12.1 Å². The van der Waals surface area contributed by atoms with Crippen molar-refractivity contribution in [3.8, 4) is 5.69 Å². The molecule has 0 fully saturated rings. The second-order valence-electron chi connectivity index (χ2n) is 6.13. The number of alkyl halides is 3. The first-order valence-corrected chi connectivity index (χ1v) is 9.32. The zero-order valence-corrected chi connectivity index (χ0v) is 15.7. The van der Waals surface area contributed by atoms with E-state index in [1.54, 1.807) is 20.1 Å². The van der Waals surface area contributed by atoms with E-state index in [1.165, 1.54) is 22.5 Å². The normalized spacial score (nSPS) is 18.6. The maximum absolute atomic E-state index is 13.2. The van der Waals surface area contributed by atoms with Crippen LogP contribution in [0.25, 0.3) is 5.69 Å². The summed E-state index contributed by atoms with van der Waals surface area (Å²) in [6.45, 7) is 3.54. The predicted molar refractivity (Wildman–Crippen MR) is 95.0 cm³/mol. The Hall–Kier alpha value is -2.43. The number of fused-ring (bicyclic) bond motifs is 3. The number of hydrogen-bond donors (Lipinski definition) is 2. The van der Waals surface area contributed by atoms with Gasteiger partial charge in [-0.1, -0.05) is 11.8 Å². The molecule has 0 radical (unpaired) electrons. The van der Waals surface area contributed by atoms with Crippen LogP contribution in [0.1, 0.15) is 25.8 Å². The van der Waals surface area contributed by atoms with Crippen molar-refractivity contribution in [2.45, 2.75) is 37.3 Å². The third-order valence-electron chi connectivity index (χ3n) is 3.92. The summed E-state index contributed by atoms with van der Waals surface area (Å²) < 4.78 is 45.9. The number of esters is 1. The molecule has 0 aliphatic carbocycles. The quantitative estimate of drug-likeness (QED) is 0.599. The molecule has 1 atom stereocenters. The molecule has 0 saturated heterocycles. The Bertz CT molecular complexity index is 870. The zero-order valence-electron chi connectivity index (χ0n) is 14.8. The van der Waals surface area contributed by atoms with E-state index in [-0.39, 0.29) is 18.7 Å². The van der Waals surface area contributed by atoms with Gasteiger partial charge in [0.1, 0.15) is 5.66 Å². The smallest absolute Gasteiger partial charge is 0.416 e. The van der Waals surface area contributed by atoms with Crippen molar-refractivity contribution in [1.82, 2.24) is 14.8 Å². The van der Waals surface area contributed by atoms with E-state index in [1.807, 2.05) is 0 Å². The molecule has 0 spiro atoms. The van der Waals surface area contributed by atoms with Crippen molar-refractivity contribution in [3.05, 3.63) is 23.8 Å². The molecule has 0 amide bonds.